The topological polar surface area (TPSA) is 27.8 Å². The zero-order valence-corrected chi connectivity index (χ0v) is 12.4. The van der Waals surface area contributed by atoms with Crippen LogP contribution in [0.15, 0.2) is 53.1 Å². The van der Waals surface area contributed by atoms with Crippen molar-refractivity contribution in [1.29, 1.82) is 0 Å². The van der Waals surface area contributed by atoms with Crippen molar-refractivity contribution in [2.45, 2.75) is 6.54 Å². The number of hydrogen-bond acceptors (Lipinski definition) is 1. The summed E-state index contributed by atoms with van der Waals surface area (Å²) in [4.78, 5) is 3.19. The molecule has 3 aromatic rings. The molecule has 0 unspecified atom stereocenters. The molecule has 0 radical (unpaired) electrons. The summed E-state index contributed by atoms with van der Waals surface area (Å²) in [6.07, 6.45) is 1.95. The second-order valence-electron chi connectivity index (χ2n) is 4.38. The Balaban J connectivity index is 1.77. The van der Waals surface area contributed by atoms with Crippen molar-refractivity contribution in [3.63, 3.8) is 0 Å². The van der Waals surface area contributed by atoms with E-state index in [0.29, 0.717) is 0 Å². The van der Waals surface area contributed by atoms with Gasteiger partial charge in [0.1, 0.15) is 0 Å². The van der Waals surface area contributed by atoms with E-state index in [1.54, 1.807) is 0 Å². The molecule has 96 valence electrons. The third-order valence-electron chi connectivity index (χ3n) is 3.03. The number of rotatable bonds is 3. The first-order chi connectivity index (χ1) is 9.22. The van der Waals surface area contributed by atoms with Gasteiger partial charge >= 0.3 is 0 Å². The molecule has 19 heavy (non-hydrogen) atoms. The minimum absolute atomic E-state index is 0.720. The standard InChI is InChI=1S/C15H12BrClN2/c16-12-2-4-15(13(17)8-12)19-9-10-1-3-14-11(7-10)5-6-18-14/h1-8,18-19H,9H2. The minimum atomic E-state index is 0.720. The van der Waals surface area contributed by atoms with Crippen LogP contribution < -0.4 is 5.32 Å². The maximum absolute atomic E-state index is 6.18. The lowest BCUT2D eigenvalue weighted by Gasteiger charge is -2.09. The Morgan fingerprint density at radius 3 is 2.84 bits per heavy atom. The molecular weight excluding hydrogens is 324 g/mol. The monoisotopic (exact) mass is 334 g/mol. The van der Waals surface area contributed by atoms with E-state index >= 15 is 0 Å². The third-order valence-corrected chi connectivity index (χ3v) is 3.84. The predicted octanol–water partition coefficient (Wildman–Crippen LogP) is 5.20. The van der Waals surface area contributed by atoms with E-state index in [4.69, 9.17) is 11.6 Å². The number of aromatic nitrogens is 1. The van der Waals surface area contributed by atoms with Gasteiger partial charge in [0, 0.05) is 22.7 Å². The highest BCUT2D eigenvalue weighted by Crippen LogP contribution is 2.26. The highest BCUT2D eigenvalue weighted by atomic mass is 79.9. The van der Waals surface area contributed by atoms with Gasteiger partial charge in [0.2, 0.25) is 0 Å². The van der Waals surface area contributed by atoms with Crippen LogP contribution in [0, 0.1) is 0 Å². The van der Waals surface area contributed by atoms with Crippen molar-refractivity contribution in [3.05, 3.63) is 63.7 Å². The summed E-state index contributed by atoms with van der Waals surface area (Å²) in [6, 6.07) is 14.3. The predicted molar refractivity (Wildman–Crippen MR) is 84.8 cm³/mol. The summed E-state index contributed by atoms with van der Waals surface area (Å²) in [5.74, 6) is 0. The van der Waals surface area contributed by atoms with Gasteiger partial charge in [-0.3, -0.25) is 0 Å². The van der Waals surface area contributed by atoms with Crippen molar-refractivity contribution in [3.8, 4) is 0 Å². The molecule has 0 fully saturated rings. The van der Waals surface area contributed by atoms with Crippen molar-refractivity contribution in [2.24, 2.45) is 0 Å². The highest BCUT2D eigenvalue weighted by Gasteiger charge is 2.02. The quantitative estimate of drug-likeness (QED) is 0.677. The minimum Gasteiger partial charge on any atom is -0.380 e. The van der Waals surface area contributed by atoms with E-state index in [-0.39, 0.29) is 0 Å². The van der Waals surface area contributed by atoms with Crippen LogP contribution >= 0.6 is 27.5 Å². The molecule has 0 spiro atoms. The van der Waals surface area contributed by atoms with E-state index in [1.807, 2.05) is 24.4 Å². The summed E-state index contributed by atoms with van der Waals surface area (Å²) in [5, 5.41) is 5.29. The first-order valence-corrected chi connectivity index (χ1v) is 7.14. The molecule has 1 heterocycles. The Hall–Kier alpha value is -1.45. The Bertz CT molecular complexity index is 721. The summed E-state index contributed by atoms with van der Waals surface area (Å²) in [6.45, 7) is 0.752. The lowest BCUT2D eigenvalue weighted by molar-refractivity contribution is 1.15. The van der Waals surface area contributed by atoms with Crippen molar-refractivity contribution in [1.82, 2.24) is 4.98 Å². The summed E-state index contributed by atoms with van der Waals surface area (Å²) in [5.41, 5.74) is 3.33. The van der Waals surface area contributed by atoms with Crippen molar-refractivity contribution in [2.75, 3.05) is 5.32 Å². The molecular formula is C15H12BrClN2. The third kappa shape index (κ3) is 2.77. The molecule has 0 atom stereocenters. The van der Waals surface area contributed by atoms with E-state index in [0.717, 1.165) is 27.2 Å². The molecule has 2 nitrogen and oxygen atoms in total. The maximum atomic E-state index is 6.18. The van der Waals surface area contributed by atoms with Crippen LogP contribution in [-0.4, -0.2) is 4.98 Å². The molecule has 2 aromatic carbocycles. The number of nitrogens with one attached hydrogen (secondary N) is 2. The number of H-pyrrole nitrogens is 1. The van der Waals surface area contributed by atoms with Crippen LogP contribution in [0.4, 0.5) is 5.69 Å². The lowest BCUT2D eigenvalue weighted by atomic mass is 10.1. The Kier molecular flexibility index (Phi) is 3.49. The van der Waals surface area contributed by atoms with Gasteiger partial charge in [0.15, 0.2) is 0 Å². The summed E-state index contributed by atoms with van der Waals surface area (Å²) < 4.78 is 0.983. The van der Waals surface area contributed by atoms with Crippen LogP contribution in [-0.2, 0) is 6.54 Å². The molecule has 4 heteroatoms. The fraction of sp³-hybridized carbons (Fsp3) is 0.0667. The SMILES string of the molecule is Clc1cc(Br)ccc1NCc1ccc2[nH]ccc2c1. The van der Waals surface area contributed by atoms with Crippen LogP contribution in [0.3, 0.4) is 0 Å². The summed E-state index contributed by atoms with van der Waals surface area (Å²) in [7, 11) is 0. The summed E-state index contributed by atoms with van der Waals surface area (Å²) >= 11 is 9.58. The molecule has 0 saturated heterocycles. The molecule has 1 aromatic heterocycles. The lowest BCUT2D eigenvalue weighted by Crippen LogP contribution is -1.99. The van der Waals surface area contributed by atoms with Gasteiger partial charge in [-0.1, -0.05) is 33.6 Å². The molecule has 3 rings (SSSR count). The number of hydrogen-bond donors (Lipinski definition) is 2. The number of fused-ring (bicyclic) bond motifs is 1. The van der Waals surface area contributed by atoms with Crippen molar-refractivity contribution < 1.29 is 0 Å². The van der Waals surface area contributed by atoms with E-state index in [1.165, 1.54) is 10.9 Å². The Labute approximate surface area is 124 Å². The average molecular weight is 336 g/mol. The van der Waals surface area contributed by atoms with Crippen LogP contribution in [0.2, 0.25) is 5.02 Å². The van der Waals surface area contributed by atoms with E-state index in [9.17, 15) is 0 Å². The molecule has 0 saturated carbocycles. The van der Waals surface area contributed by atoms with Gasteiger partial charge in [-0.2, -0.15) is 0 Å². The largest absolute Gasteiger partial charge is 0.380 e. The van der Waals surface area contributed by atoms with Crippen LogP contribution in [0.1, 0.15) is 5.56 Å². The number of anilines is 1. The van der Waals surface area contributed by atoms with Gasteiger partial charge in [0.25, 0.3) is 0 Å². The van der Waals surface area contributed by atoms with Crippen LogP contribution in [0.5, 0.6) is 0 Å². The van der Waals surface area contributed by atoms with E-state index < -0.39 is 0 Å². The van der Waals surface area contributed by atoms with Gasteiger partial charge in [-0.05, 0) is 47.3 Å². The molecule has 0 bridgehead atoms. The number of halogens is 2. The first-order valence-electron chi connectivity index (χ1n) is 5.97. The molecule has 0 aliphatic heterocycles. The zero-order chi connectivity index (χ0) is 13.2. The maximum Gasteiger partial charge on any atom is 0.0648 e. The average Bonchev–Trinajstić information content (AvgIpc) is 2.85. The molecule has 0 aliphatic carbocycles. The number of aromatic amines is 1. The van der Waals surface area contributed by atoms with Gasteiger partial charge < -0.3 is 10.3 Å². The first kappa shape index (κ1) is 12.6. The second-order valence-corrected chi connectivity index (χ2v) is 5.70. The second kappa shape index (κ2) is 5.27. The Morgan fingerprint density at radius 2 is 2.00 bits per heavy atom. The fourth-order valence-electron chi connectivity index (χ4n) is 2.04. The Morgan fingerprint density at radius 1 is 1.11 bits per heavy atom. The van der Waals surface area contributed by atoms with Crippen molar-refractivity contribution >= 4 is 44.1 Å². The smallest absolute Gasteiger partial charge is 0.0648 e. The molecule has 0 aliphatic rings. The fourth-order valence-corrected chi connectivity index (χ4v) is 2.78. The van der Waals surface area contributed by atoms with Gasteiger partial charge in [-0.15, -0.1) is 0 Å². The van der Waals surface area contributed by atoms with E-state index in [2.05, 4.69) is 50.5 Å². The number of benzene rings is 2. The normalized spacial score (nSPS) is 10.8. The molecule has 2 N–H and O–H groups in total. The van der Waals surface area contributed by atoms with Gasteiger partial charge in [0.05, 0.1) is 10.7 Å². The van der Waals surface area contributed by atoms with Gasteiger partial charge in [-0.25, -0.2) is 0 Å². The molecule has 0 amide bonds. The zero-order valence-electron chi connectivity index (χ0n) is 10.1. The highest BCUT2D eigenvalue weighted by molar-refractivity contribution is 9.10. The van der Waals surface area contributed by atoms with Crippen LogP contribution in [0.25, 0.3) is 10.9 Å².